The molecule has 0 amide bonds. The Morgan fingerprint density at radius 3 is 2.68 bits per heavy atom. The second-order valence-electron chi connectivity index (χ2n) is 5.51. The highest BCUT2D eigenvalue weighted by Crippen LogP contribution is 2.22. The van der Waals surface area contributed by atoms with Gasteiger partial charge in [-0.15, -0.1) is 0 Å². The molecule has 6 nitrogen and oxygen atoms in total. The summed E-state index contributed by atoms with van der Waals surface area (Å²) in [6.07, 6.45) is 5.29. The third-order valence-corrected chi connectivity index (χ3v) is 4.51. The van der Waals surface area contributed by atoms with Crippen LogP contribution in [0.15, 0.2) is 36.8 Å². The quantitative estimate of drug-likeness (QED) is 0.652. The van der Waals surface area contributed by atoms with E-state index in [2.05, 4.69) is 20.8 Å². The lowest BCUT2D eigenvalue weighted by atomic mass is 10.2. The van der Waals surface area contributed by atoms with Crippen molar-refractivity contribution in [3.8, 4) is 0 Å². The van der Waals surface area contributed by atoms with Gasteiger partial charge in [0, 0.05) is 23.3 Å². The van der Waals surface area contributed by atoms with Crippen LogP contribution >= 0.6 is 35.4 Å². The summed E-state index contributed by atoms with van der Waals surface area (Å²) in [7, 11) is 1.88. The van der Waals surface area contributed by atoms with Gasteiger partial charge in [0.15, 0.2) is 5.11 Å². The normalized spacial score (nSPS) is 10.7. The number of thiocarbonyl (C=S) groups is 1. The van der Waals surface area contributed by atoms with E-state index < -0.39 is 0 Å². The molecule has 0 saturated carbocycles. The van der Waals surface area contributed by atoms with Gasteiger partial charge in [0.25, 0.3) is 0 Å². The van der Waals surface area contributed by atoms with E-state index in [4.69, 9.17) is 35.4 Å². The van der Waals surface area contributed by atoms with Gasteiger partial charge in [-0.1, -0.05) is 29.3 Å². The predicted molar refractivity (Wildman–Crippen MR) is 106 cm³/mol. The standard InChI is InChI=1S/C16H16Cl2N6S/c1-10-15(7-19-23(10)2)22-16(25)21-13-6-20-24(9-13)8-11-3-4-12(17)5-14(11)18/h3-7,9H,8H2,1-2H3,(H2,21,22,25). The van der Waals surface area contributed by atoms with Crippen LogP contribution in [0, 0.1) is 6.92 Å². The van der Waals surface area contributed by atoms with E-state index in [0.717, 1.165) is 22.6 Å². The smallest absolute Gasteiger partial charge is 0.175 e. The monoisotopic (exact) mass is 394 g/mol. The number of nitrogens with zero attached hydrogens (tertiary/aromatic N) is 4. The molecule has 0 bridgehead atoms. The summed E-state index contributed by atoms with van der Waals surface area (Å²) in [6.45, 7) is 2.51. The lowest BCUT2D eigenvalue weighted by Crippen LogP contribution is -2.19. The van der Waals surface area contributed by atoms with Gasteiger partial charge in [-0.3, -0.25) is 9.36 Å². The summed E-state index contributed by atoms with van der Waals surface area (Å²) < 4.78 is 3.55. The van der Waals surface area contributed by atoms with Crippen molar-refractivity contribution in [2.45, 2.75) is 13.5 Å². The Labute approximate surface area is 160 Å². The lowest BCUT2D eigenvalue weighted by Gasteiger charge is -2.08. The summed E-state index contributed by atoms with van der Waals surface area (Å²) in [5.74, 6) is 0. The topological polar surface area (TPSA) is 59.7 Å². The number of nitrogens with one attached hydrogen (secondary N) is 2. The van der Waals surface area contributed by atoms with Crippen LogP contribution in [0.3, 0.4) is 0 Å². The Kier molecular flexibility index (Phi) is 5.27. The van der Waals surface area contributed by atoms with Crippen LogP contribution < -0.4 is 10.6 Å². The highest BCUT2D eigenvalue weighted by atomic mass is 35.5. The molecule has 0 saturated heterocycles. The number of halogens is 2. The van der Waals surface area contributed by atoms with Gasteiger partial charge in [0.1, 0.15) is 0 Å². The highest BCUT2D eigenvalue weighted by Gasteiger charge is 2.08. The van der Waals surface area contributed by atoms with Crippen LogP contribution in [0.5, 0.6) is 0 Å². The molecule has 0 atom stereocenters. The third kappa shape index (κ3) is 4.31. The SMILES string of the molecule is Cc1c(NC(=S)Nc2cnn(Cc3ccc(Cl)cc3Cl)c2)cnn1C. The minimum atomic E-state index is 0.472. The Balaban J connectivity index is 1.63. The maximum Gasteiger partial charge on any atom is 0.175 e. The molecule has 0 aliphatic heterocycles. The summed E-state index contributed by atoms with van der Waals surface area (Å²) in [4.78, 5) is 0. The molecule has 3 rings (SSSR count). The Morgan fingerprint density at radius 2 is 2.00 bits per heavy atom. The second-order valence-corrected chi connectivity index (χ2v) is 6.76. The van der Waals surface area contributed by atoms with E-state index in [1.54, 1.807) is 33.9 Å². The molecule has 0 fully saturated rings. The van der Waals surface area contributed by atoms with Crippen LogP contribution in [-0.2, 0) is 13.6 Å². The summed E-state index contributed by atoms with van der Waals surface area (Å²) in [5.41, 5.74) is 3.58. The van der Waals surface area contributed by atoms with Crippen LogP contribution in [0.2, 0.25) is 10.0 Å². The fourth-order valence-electron chi connectivity index (χ4n) is 2.25. The molecule has 1 aromatic carbocycles. The average Bonchev–Trinajstić information content (AvgIpc) is 3.11. The number of benzene rings is 1. The van der Waals surface area contributed by atoms with Crippen LogP contribution in [-0.4, -0.2) is 24.7 Å². The van der Waals surface area contributed by atoms with E-state index in [9.17, 15) is 0 Å². The summed E-state index contributed by atoms with van der Waals surface area (Å²) >= 11 is 17.4. The van der Waals surface area contributed by atoms with Crippen molar-refractivity contribution < 1.29 is 0 Å². The molecule has 25 heavy (non-hydrogen) atoms. The third-order valence-electron chi connectivity index (χ3n) is 3.72. The molecular weight excluding hydrogens is 379 g/mol. The molecule has 2 aromatic heterocycles. The first-order valence-corrected chi connectivity index (χ1v) is 8.62. The van der Waals surface area contributed by atoms with E-state index in [-0.39, 0.29) is 0 Å². The number of hydrogen-bond donors (Lipinski definition) is 2. The number of aryl methyl sites for hydroxylation is 1. The van der Waals surface area contributed by atoms with Gasteiger partial charge in [-0.05, 0) is 36.8 Å². The van der Waals surface area contributed by atoms with Crippen LogP contribution in [0.25, 0.3) is 0 Å². The molecule has 0 aliphatic carbocycles. The highest BCUT2D eigenvalue weighted by molar-refractivity contribution is 7.80. The van der Waals surface area contributed by atoms with Gasteiger partial charge < -0.3 is 10.6 Å². The first-order chi connectivity index (χ1) is 11.9. The van der Waals surface area contributed by atoms with Crippen molar-refractivity contribution in [3.63, 3.8) is 0 Å². The maximum absolute atomic E-state index is 6.20. The predicted octanol–water partition coefficient (Wildman–Crippen LogP) is 4.09. The molecule has 0 aliphatic rings. The van der Waals surface area contributed by atoms with Gasteiger partial charge >= 0.3 is 0 Å². The number of aromatic nitrogens is 4. The number of anilines is 2. The summed E-state index contributed by atoms with van der Waals surface area (Å²) in [6, 6.07) is 5.41. The fraction of sp³-hybridized carbons (Fsp3) is 0.188. The Hall–Kier alpha value is -2.09. The van der Waals surface area contributed by atoms with Gasteiger partial charge in [-0.2, -0.15) is 10.2 Å². The lowest BCUT2D eigenvalue weighted by molar-refractivity contribution is 0.687. The minimum absolute atomic E-state index is 0.472. The number of hydrogen-bond acceptors (Lipinski definition) is 3. The molecule has 2 N–H and O–H groups in total. The van der Waals surface area contributed by atoms with Crippen LogP contribution in [0.4, 0.5) is 11.4 Å². The number of rotatable bonds is 4. The molecule has 0 unspecified atom stereocenters. The van der Waals surface area contributed by atoms with Crippen molar-refractivity contribution in [1.29, 1.82) is 0 Å². The van der Waals surface area contributed by atoms with E-state index in [0.29, 0.717) is 21.7 Å². The maximum atomic E-state index is 6.20. The van der Waals surface area contributed by atoms with Crippen molar-refractivity contribution in [2.24, 2.45) is 7.05 Å². The van der Waals surface area contributed by atoms with Crippen LogP contribution in [0.1, 0.15) is 11.3 Å². The Bertz CT molecular complexity index is 917. The zero-order valence-electron chi connectivity index (χ0n) is 13.6. The first-order valence-electron chi connectivity index (χ1n) is 7.45. The van der Waals surface area contributed by atoms with Crippen molar-refractivity contribution >= 4 is 51.9 Å². The van der Waals surface area contributed by atoms with Gasteiger partial charge in [-0.25, -0.2) is 0 Å². The van der Waals surface area contributed by atoms with Crippen molar-refractivity contribution in [2.75, 3.05) is 10.6 Å². The molecule has 3 aromatic rings. The zero-order valence-corrected chi connectivity index (χ0v) is 16.0. The Morgan fingerprint density at radius 1 is 1.20 bits per heavy atom. The molecule has 0 radical (unpaired) electrons. The van der Waals surface area contributed by atoms with E-state index in [1.807, 2.05) is 26.2 Å². The zero-order chi connectivity index (χ0) is 18.0. The van der Waals surface area contributed by atoms with E-state index >= 15 is 0 Å². The van der Waals surface area contributed by atoms with E-state index in [1.165, 1.54) is 0 Å². The molecule has 2 heterocycles. The average molecular weight is 395 g/mol. The first kappa shape index (κ1) is 17.7. The largest absolute Gasteiger partial charge is 0.330 e. The van der Waals surface area contributed by atoms with Gasteiger partial charge in [0.05, 0.1) is 36.0 Å². The molecule has 0 spiro atoms. The molecule has 130 valence electrons. The van der Waals surface area contributed by atoms with Crippen molar-refractivity contribution in [1.82, 2.24) is 19.6 Å². The summed E-state index contributed by atoms with van der Waals surface area (Å²) in [5, 5.41) is 16.4. The van der Waals surface area contributed by atoms with Gasteiger partial charge in [0.2, 0.25) is 0 Å². The van der Waals surface area contributed by atoms with Crippen molar-refractivity contribution in [3.05, 3.63) is 58.1 Å². The molecule has 9 heteroatoms. The fourth-order valence-corrected chi connectivity index (χ4v) is 2.94. The second kappa shape index (κ2) is 7.43. The molecular formula is C16H16Cl2N6S. The minimum Gasteiger partial charge on any atom is -0.330 e.